The van der Waals surface area contributed by atoms with Crippen LogP contribution in [0, 0.1) is 6.92 Å². The Kier molecular flexibility index (Phi) is 4.15. The topological polar surface area (TPSA) is 29.3 Å². The molecular weight excluding hydrogens is 228 g/mol. The predicted octanol–water partition coefficient (Wildman–Crippen LogP) is 3.25. The molecule has 1 rings (SSSR count). The van der Waals surface area contributed by atoms with E-state index in [4.69, 9.17) is 18.0 Å². The smallest absolute Gasteiger partial charge is 0.106 e. The lowest BCUT2D eigenvalue weighted by atomic mass is 9.97. The van der Waals surface area contributed by atoms with Crippen LogP contribution >= 0.6 is 12.2 Å². The van der Waals surface area contributed by atoms with E-state index in [1.807, 2.05) is 0 Å². The van der Waals surface area contributed by atoms with Gasteiger partial charge in [-0.15, -0.1) is 0 Å². The Morgan fingerprint density at radius 2 is 2.00 bits per heavy atom. The van der Waals surface area contributed by atoms with Gasteiger partial charge in [0.05, 0.1) is 0 Å². The van der Waals surface area contributed by atoms with Gasteiger partial charge in [0.25, 0.3) is 0 Å². The molecule has 94 valence electrons. The van der Waals surface area contributed by atoms with Crippen LogP contribution in [0.4, 0.5) is 5.69 Å². The molecule has 0 atom stereocenters. The first-order chi connectivity index (χ1) is 7.79. The van der Waals surface area contributed by atoms with Crippen LogP contribution in [-0.2, 0) is 0 Å². The van der Waals surface area contributed by atoms with Crippen molar-refractivity contribution in [3.63, 3.8) is 0 Å². The van der Waals surface area contributed by atoms with Crippen molar-refractivity contribution in [1.82, 2.24) is 0 Å². The normalized spacial score (nSPS) is 11.4. The van der Waals surface area contributed by atoms with Crippen LogP contribution in [-0.4, -0.2) is 17.6 Å². The van der Waals surface area contributed by atoms with Gasteiger partial charge in [0.1, 0.15) is 4.99 Å². The van der Waals surface area contributed by atoms with Crippen molar-refractivity contribution in [2.24, 2.45) is 5.73 Å². The number of thiocarbonyl (C=S) groups is 1. The predicted molar refractivity (Wildman–Crippen MR) is 79.8 cm³/mol. The molecule has 1 aromatic carbocycles. The summed E-state index contributed by atoms with van der Waals surface area (Å²) in [7, 11) is 2.09. The zero-order valence-corrected chi connectivity index (χ0v) is 12.2. The second kappa shape index (κ2) is 5.05. The highest BCUT2D eigenvalue weighted by molar-refractivity contribution is 7.80. The third-order valence-corrected chi connectivity index (χ3v) is 3.77. The van der Waals surface area contributed by atoms with Crippen molar-refractivity contribution in [3.05, 3.63) is 29.3 Å². The Labute approximate surface area is 110 Å². The highest BCUT2D eigenvalue weighted by Gasteiger charge is 2.23. The standard InChI is InChI=1S/C14H22N2S/c1-6-14(3,4)16(5)12-8-7-10(2)9-11(12)13(15)17/h7-9H,6H2,1-5H3,(H2,15,17). The molecule has 0 radical (unpaired) electrons. The lowest BCUT2D eigenvalue weighted by Crippen LogP contribution is -2.41. The van der Waals surface area contributed by atoms with Crippen molar-refractivity contribution in [3.8, 4) is 0 Å². The van der Waals surface area contributed by atoms with Gasteiger partial charge in [-0.1, -0.05) is 30.8 Å². The average molecular weight is 250 g/mol. The molecule has 0 amide bonds. The fourth-order valence-corrected chi connectivity index (χ4v) is 1.87. The van der Waals surface area contributed by atoms with Crippen LogP contribution in [0.15, 0.2) is 18.2 Å². The lowest BCUT2D eigenvalue weighted by Gasteiger charge is -2.38. The molecule has 0 saturated carbocycles. The molecule has 0 spiro atoms. The lowest BCUT2D eigenvalue weighted by molar-refractivity contribution is 0.470. The molecule has 0 heterocycles. The third-order valence-electron chi connectivity index (χ3n) is 3.55. The van der Waals surface area contributed by atoms with E-state index in [-0.39, 0.29) is 5.54 Å². The average Bonchev–Trinajstić information content (AvgIpc) is 2.28. The zero-order valence-electron chi connectivity index (χ0n) is 11.4. The van der Waals surface area contributed by atoms with Crippen LogP contribution in [0.5, 0.6) is 0 Å². The number of benzene rings is 1. The van der Waals surface area contributed by atoms with E-state index in [0.717, 1.165) is 17.7 Å². The fourth-order valence-electron chi connectivity index (χ4n) is 1.70. The van der Waals surface area contributed by atoms with Gasteiger partial charge in [0.15, 0.2) is 0 Å². The van der Waals surface area contributed by atoms with Gasteiger partial charge in [-0.05, 0) is 39.3 Å². The second-order valence-corrected chi connectivity index (χ2v) is 5.55. The minimum Gasteiger partial charge on any atom is -0.389 e. The summed E-state index contributed by atoms with van der Waals surface area (Å²) in [6.07, 6.45) is 1.06. The molecule has 1 aromatic rings. The molecule has 17 heavy (non-hydrogen) atoms. The zero-order chi connectivity index (χ0) is 13.2. The quantitative estimate of drug-likeness (QED) is 0.832. The first kappa shape index (κ1) is 14.0. The Morgan fingerprint density at radius 3 is 2.47 bits per heavy atom. The Balaban J connectivity index is 3.26. The van der Waals surface area contributed by atoms with Crippen molar-refractivity contribution < 1.29 is 0 Å². The van der Waals surface area contributed by atoms with Crippen molar-refractivity contribution in [1.29, 1.82) is 0 Å². The number of aryl methyl sites for hydroxylation is 1. The number of hydrogen-bond donors (Lipinski definition) is 1. The van der Waals surface area contributed by atoms with Gasteiger partial charge < -0.3 is 10.6 Å². The van der Waals surface area contributed by atoms with Gasteiger partial charge in [-0.25, -0.2) is 0 Å². The maximum absolute atomic E-state index is 5.81. The van der Waals surface area contributed by atoms with Crippen molar-refractivity contribution >= 4 is 22.9 Å². The molecule has 0 fully saturated rings. The number of hydrogen-bond acceptors (Lipinski definition) is 2. The molecule has 0 saturated heterocycles. The third kappa shape index (κ3) is 2.97. The highest BCUT2D eigenvalue weighted by Crippen LogP contribution is 2.28. The van der Waals surface area contributed by atoms with Gasteiger partial charge in [-0.3, -0.25) is 0 Å². The summed E-state index contributed by atoms with van der Waals surface area (Å²) in [6.45, 7) is 8.67. The van der Waals surface area contributed by atoms with Gasteiger partial charge >= 0.3 is 0 Å². The molecule has 0 aromatic heterocycles. The van der Waals surface area contributed by atoms with Gasteiger partial charge in [0, 0.05) is 23.8 Å². The minimum atomic E-state index is 0.0921. The SMILES string of the molecule is CCC(C)(C)N(C)c1ccc(C)cc1C(N)=S. The summed E-state index contributed by atoms with van der Waals surface area (Å²) in [5.41, 5.74) is 9.15. The van der Waals surface area contributed by atoms with Crippen LogP contribution in [0.3, 0.4) is 0 Å². The number of nitrogens with zero attached hydrogens (tertiary/aromatic N) is 1. The summed E-state index contributed by atoms with van der Waals surface area (Å²) in [6, 6.07) is 6.25. The first-order valence-electron chi connectivity index (χ1n) is 5.94. The Morgan fingerprint density at radius 1 is 1.41 bits per heavy atom. The molecule has 0 bridgehead atoms. The Bertz CT molecular complexity index is 424. The molecule has 2 nitrogen and oxygen atoms in total. The molecular formula is C14H22N2S. The molecule has 2 N–H and O–H groups in total. The second-order valence-electron chi connectivity index (χ2n) is 5.11. The molecule has 0 aliphatic rings. The molecule has 3 heteroatoms. The van der Waals surface area contributed by atoms with Crippen molar-refractivity contribution in [2.45, 2.75) is 39.7 Å². The number of anilines is 1. The van der Waals surface area contributed by atoms with E-state index in [1.165, 1.54) is 5.56 Å². The van der Waals surface area contributed by atoms with Crippen LogP contribution < -0.4 is 10.6 Å². The van der Waals surface area contributed by atoms with Crippen molar-refractivity contribution in [2.75, 3.05) is 11.9 Å². The Hall–Kier alpha value is -1.09. The maximum atomic E-state index is 5.81. The van der Waals surface area contributed by atoms with E-state index in [2.05, 4.69) is 57.8 Å². The fraction of sp³-hybridized carbons (Fsp3) is 0.500. The van der Waals surface area contributed by atoms with E-state index in [1.54, 1.807) is 0 Å². The van der Waals surface area contributed by atoms with E-state index >= 15 is 0 Å². The molecule has 0 unspecified atom stereocenters. The summed E-state index contributed by atoms with van der Waals surface area (Å²) in [5.74, 6) is 0. The van der Waals surface area contributed by atoms with Crippen LogP contribution in [0.2, 0.25) is 0 Å². The van der Waals surface area contributed by atoms with Gasteiger partial charge in [-0.2, -0.15) is 0 Å². The van der Waals surface area contributed by atoms with Crippen LogP contribution in [0.25, 0.3) is 0 Å². The summed E-state index contributed by atoms with van der Waals surface area (Å²) in [5, 5.41) is 0. The largest absolute Gasteiger partial charge is 0.389 e. The minimum absolute atomic E-state index is 0.0921. The maximum Gasteiger partial charge on any atom is 0.106 e. The van der Waals surface area contributed by atoms with E-state index in [9.17, 15) is 0 Å². The monoisotopic (exact) mass is 250 g/mol. The number of rotatable bonds is 4. The van der Waals surface area contributed by atoms with Crippen LogP contribution in [0.1, 0.15) is 38.3 Å². The number of nitrogens with two attached hydrogens (primary N) is 1. The van der Waals surface area contributed by atoms with E-state index in [0.29, 0.717) is 4.99 Å². The summed E-state index contributed by atoms with van der Waals surface area (Å²) >= 11 is 5.14. The summed E-state index contributed by atoms with van der Waals surface area (Å²) in [4.78, 5) is 2.71. The van der Waals surface area contributed by atoms with E-state index < -0.39 is 0 Å². The summed E-state index contributed by atoms with van der Waals surface area (Å²) < 4.78 is 0. The van der Waals surface area contributed by atoms with Gasteiger partial charge in [0.2, 0.25) is 0 Å². The highest BCUT2D eigenvalue weighted by atomic mass is 32.1. The first-order valence-corrected chi connectivity index (χ1v) is 6.34. The molecule has 0 aliphatic heterocycles. The molecule has 0 aliphatic carbocycles.